The quantitative estimate of drug-likeness (QED) is 0.560. The van der Waals surface area contributed by atoms with E-state index in [0.717, 1.165) is 17.2 Å². The summed E-state index contributed by atoms with van der Waals surface area (Å²) in [6.45, 7) is 4.29. The van der Waals surface area contributed by atoms with Crippen LogP contribution in [0, 0.1) is 13.8 Å². The van der Waals surface area contributed by atoms with E-state index >= 15 is 0 Å². The molecule has 62 valence electrons. The molecule has 1 unspecified atom stereocenters. The largest absolute Gasteiger partial charge is 0.346 e. The molecule has 1 aromatic rings. The Morgan fingerprint density at radius 2 is 2.18 bits per heavy atom. The molecule has 0 bridgehead atoms. The minimum atomic E-state index is -0.139. The number of aryl methyl sites for hydroxylation is 2. The SMILES string of the molecule is Cc1nc(C(N)CN)c(C)[nH]1. The monoisotopic (exact) mass is 154 g/mol. The normalized spacial score (nSPS) is 13.5. The number of nitrogens with two attached hydrogens (primary N) is 2. The molecule has 1 aromatic heterocycles. The number of H-pyrrole nitrogens is 1. The zero-order chi connectivity index (χ0) is 8.43. The highest BCUT2D eigenvalue weighted by Gasteiger charge is 2.10. The standard InChI is InChI=1S/C7H14N4/c1-4-7(6(9)3-8)11-5(2)10-4/h6H,3,8-9H2,1-2H3,(H,10,11). The van der Waals surface area contributed by atoms with Crippen molar-refractivity contribution in [1.29, 1.82) is 0 Å². The van der Waals surface area contributed by atoms with Gasteiger partial charge in [-0.3, -0.25) is 0 Å². The molecule has 0 aliphatic carbocycles. The third-order valence-corrected chi connectivity index (χ3v) is 1.65. The van der Waals surface area contributed by atoms with E-state index in [-0.39, 0.29) is 6.04 Å². The Bertz CT molecular complexity index is 241. The topological polar surface area (TPSA) is 80.7 Å². The van der Waals surface area contributed by atoms with E-state index in [4.69, 9.17) is 11.5 Å². The smallest absolute Gasteiger partial charge is 0.103 e. The summed E-state index contributed by atoms with van der Waals surface area (Å²) in [6.07, 6.45) is 0. The van der Waals surface area contributed by atoms with Crippen molar-refractivity contribution in [2.24, 2.45) is 11.5 Å². The number of hydrogen-bond donors (Lipinski definition) is 3. The van der Waals surface area contributed by atoms with Crippen LogP contribution in [0.25, 0.3) is 0 Å². The molecule has 4 nitrogen and oxygen atoms in total. The molecule has 0 spiro atoms. The molecule has 0 aliphatic rings. The van der Waals surface area contributed by atoms with Crippen molar-refractivity contribution in [1.82, 2.24) is 9.97 Å². The van der Waals surface area contributed by atoms with Crippen molar-refractivity contribution in [3.8, 4) is 0 Å². The van der Waals surface area contributed by atoms with E-state index in [1.807, 2.05) is 13.8 Å². The van der Waals surface area contributed by atoms with Crippen molar-refractivity contribution >= 4 is 0 Å². The molecule has 0 saturated heterocycles. The minimum absolute atomic E-state index is 0.139. The van der Waals surface area contributed by atoms with Crippen LogP contribution in [-0.4, -0.2) is 16.5 Å². The van der Waals surface area contributed by atoms with Gasteiger partial charge in [0, 0.05) is 12.2 Å². The Labute approximate surface area is 66.0 Å². The number of imidazole rings is 1. The predicted octanol–water partition coefficient (Wildman–Crippen LogP) is -0.0150. The first-order chi connectivity index (χ1) is 5.15. The van der Waals surface area contributed by atoms with Crippen LogP contribution >= 0.6 is 0 Å². The highest BCUT2D eigenvalue weighted by molar-refractivity contribution is 5.16. The van der Waals surface area contributed by atoms with Gasteiger partial charge in [-0.1, -0.05) is 0 Å². The van der Waals surface area contributed by atoms with Crippen LogP contribution < -0.4 is 11.5 Å². The number of aromatic nitrogens is 2. The van der Waals surface area contributed by atoms with Gasteiger partial charge in [0.05, 0.1) is 11.7 Å². The van der Waals surface area contributed by atoms with Crippen molar-refractivity contribution in [3.63, 3.8) is 0 Å². The lowest BCUT2D eigenvalue weighted by molar-refractivity contribution is 0.709. The zero-order valence-corrected chi connectivity index (χ0v) is 6.89. The summed E-state index contributed by atoms with van der Waals surface area (Å²) in [6, 6.07) is -0.139. The van der Waals surface area contributed by atoms with Crippen LogP contribution in [0.5, 0.6) is 0 Å². The molecule has 0 radical (unpaired) electrons. The maximum atomic E-state index is 5.70. The molecule has 1 heterocycles. The molecule has 0 fully saturated rings. The Kier molecular flexibility index (Phi) is 2.26. The molecule has 0 amide bonds. The van der Waals surface area contributed by atoms with Crippen LogP contribution in [0.3, 0.4) is 0 Å². The highest BCUT2D eigenvalue weighted by atomic mass is 15.0. The molecule has 5 N–H and O–H groups in total. The van der Waals surface area contributed by atoms with Crippen molar-refractivity contribution in [2.75, 3.05) is 6.54 Å². The van der Waals surface area contributed by atoms with Crippen LogP contribution in [0.15, 0.2) is 0 Å². The second kappa shape index (κ2) is 3.02. The fraction of sp³-hybridized carbons (Fsp3) is 0.571. The van der Waals surface area contributed by atoms with E-state index < -0.39 is 0 Å². The van der Waals surface area contributed by atoms with Gasteiger partial charge in [-0.05, 0) is 13.8 Å². The molecule has 11 heavy (non-hydrogen) atoms. The maximum Gasteiger partial charge on any atom is 0.103 e. The Morgan fingerprint density at radius 3 is 2.55 bits per heavy atom. The molecular weight excluding hydrogens is 140 g/mol. The average Bonchev–Trinajstić information content (AvgIpc) is 2.28. The summed E-state index contributed by atoms with van der Waals surface area (Å²) in [5.41, 5.74) is 13.0. The van der Waals surface area contributed by atoms with E-state index in [1.165, 1.54) is 0 Å². The van der Waals surface area contributed by atoms with Gasteiger partial charge < -0.3 is 16.5 Å². The van der Waals surface area contributed by atoms with E-state index in [2.05, 4.69) is 9.97 Å². The second-order valence-corrected chi connectivity index (χ2v) is 2.67. The van der Waals surface area contributed by atoms with Gasteiger partial charge >= 0.3 is 0 Å². The molecule has 1 rings (SSSR count). The van der Waals surface area contributed by atoms with Gasteiger partial charge in [-0.2, -0.15) is 0 Å². The fourth-order valence-electron chi connectivity index (χ4n) is 1.10. The number of hydrogen-bond acceptors (Lipinski definition) is 3. The minimum Gasteiger partial charge on any atom is -0.346 e. The van der Waals surface area contributed by atoms with Crippen LogP contribution in [0.1, 0.15) is 23.3 Å². The van der Waals surface area contributed by atoms with Crippen molar-refractivity contribution in [3.05, 3.63) is 17.2 Å². The second-order valence-electron chi connectivity index (χ2n) is 2.67. The highest BCUT2D eigenvalue weighted by Crippen LogP contribution is 2.10. The van der Waals surface area contributed by atoms with Gasteiger partial charge in [0.1, 0.15) is 5.82 Å². The van der Waals surface area contributed by atoms with E-state index in [1.54, 1.807) is 0 Å². The first-order valence-corrected chi connectivity index (χ1v) is 3.64. The van der Waals surface area contributed by atoms with Gasteiger partial charge in [-0.25, -0.2) is 4.98 Å². The number of aromatic amines is 1. The summed E-state index contributed by atoms with van der Waals surface area (Å²) < 4.78 is 0. The van der Waals surface area contributed by atoms with Crippen LogP contribution in [-0.2, 0) is 0 Å². The van der Waals surface area contributed by atoms with Crippen LogP contribution in [0.4, 0.5) is 0 Å². The van der Waals surface area contributed by atoms with Crippen molar-refractivity contribution < 1.29 is 0 Å². The fourth-order valence-corrected chi connectivity index (χ4v) is 1.10. The third-order valence-electron chi connectivity index (χ3n) is 1.65. The van der Waals surface area contributed by atoms with Gasteiger partial charge in [-0.15, -0.1) is 0 Å². The number of rotatable bonds is 2. The molecule has 0 saturated carbocycles. The molecule has 0 aliphatic heterocycles. The molecule has 4 heteroatoms. The molecular formula is C7H14N4. The lowest BCUT2D eigenvalue weighted by Gasteiger charge is -2.04. The first-order valence-electron chi connectivity index (χ1n) is 3.64. The lowest BCUT2D eigenvalue weighted by atomic mass is 10.2. The molecule has 1 atom stereocenters. The van der Waals surface area contributed by atoms with Gasteiger partial charge in [0.2, 0.25) is 0 Å². The summed E-state index contributed by atoms with van der Waals surface area (Å²) in [4.78, 5) is 7.30. The Morgan fingerprint density at radius 1 is 1.55 bits per heavy atom. The summed E-state index contributed by atoms with van der Waals surface area (Å²) in [5.74, 6) is 0.890. The first kappa shape index (κ1) is 8.23. The van der Waals surface area contributed by atoms with Crippen LogP contribution in [0.2, 0.25) is 0 Å². The predicted molar refractivity (Wildman–Crippen MR) is 44.0 cm³/mol. The van der Waals surface area contributed by atoms with Gasteiger partial charge in [0.25, 0.3) is 0 Å². The van der Waals surface area contributed by atoms with Crippen molar-refractivity contribution in [2.45, 2.75) is 19.9 Å². The zero-order valence-electron chi connectivity index (χ0n) is 6.89. The number of nitrogens with zero attached hydrogens (tertiary/aromatic N) is 1. The Balaban J connectivity index is 2.93. The van der Waals surface area contributed by atoms with E-state index in [9.17, 15) is 0 Å². The maximum absolute atomic E-state index is 5.70. The summed E-state index contributed by atoms with van der Waals surface area (Å²) in [5, 5.41) is 0. The summed E-state index contributed by atoms with van der Waals surface area (Å²) in [7, 11) is 0. The molecule has 0 aromatic carbocycles. The lowest BCUT2D eigenvalue weighted by Crippen LogP contribution is -2.21. The number of nitrogens with one attached hydrogen (secondary N) is 1. The summed E-state index contributed by atoms with van der Waals surface area (Å²) >= 11 is 0. The van der Waals surface area contributed by atoms with Gasteiger partial charge in [0.15, 0.2) is 0 Å². The third kappa shape index (κ3) is 1.58. The Hall–Kier alpha value is -0.870. The van der Waals surface area contributed by atoms with E-state index in [0.29, 0.717) is 6.54 Å². The average molecular weight is 154 g/mol.